The SMILES string of the molecule is Cc1ccc(C)c(N2C(=O)NC(=O)/C(=C\c3c(OCc4cccc(Cl)c4)ccc4ccccc34)C2=O)c1. The lowest BCUT2D eigenvalue weighted by molar-refractivity contribution is -0.122. The molecule has 7 heteroatoms. The monoisotopic (exact) mass is 510 g/mol. The lowest BCUT2D eigenvalue weighted by Crippen LogP contribution is -2.54. The molecule has 0 aromatic heterocycles. The normalized spacial score (nSPS) is 14.8. The van der Waals surface area contributed by atoms with E-state index >= 15 is 0 Å². The van der Waals surface area contributed by atoms with Crippen molar-refractivity contribution in [2.75, 3.05) is 4.90 Å². The third-order valence-electron chi connectivity index (χ3n) is 6.21. The number of hydrogen-bond donors (Lipinski definition) is 1. The van der Waals surface area contributed by atoms with Crippen molar-refractivity contribution in [2.45, 2.75) is 20.5 Å². The first-order chi connectivity index (χ1) is 17.8. The van der Waals surface area contributed by atoms with E-state index in [1.165, 1.54) is 6.08 Å². The second kappa shape index (κ2) is 9.91. The van der Waals surface area contributed by atoms with Gasteiger partial charge in [0.2, 0.25) is 0 Å². The Morgan fingerprint density at radius 1 is 0.919 bits per heavy atom. The molecule has 0 unspecified atom stereocenters. The van der Waals surface area contributed by atoms with Crippen molar-refractivity contribution >= 4 is 52.0 Å². The Morgan fingerprint density at radius 2 is 1.73 bits per heavy atom. The topological polar surface area (TPSA) is 75.7 Å². The Labute approximate surface area is 219 Å². The van der Waals surface area contributed by atoms with E-state index in [0.29, 0.717) is 22.0 Å². The second-order valence-corrected chi connectivity index (χ2v) is 9.30. The van der Waals surface area contributed by atoms with Gasteiger partial charge < -0.3 is 4.74 Å². The third kappa shape index (κ3) is 4.84. The van der Waals surface area contributed by atoms with Crippen molar-refractivity contribution in [3.8, 4) is 5.75 Å². The summed E-state index contributed by atoms with van der Waals surface area (Å²) in [5.74, 6) is -0.969. The average Bonchev–Trinajstić information content (AvgIpc) is 2.87. The average molecular weight is 511 g/mol. The summed E-state index contributed by atoms with van der Waals surface area (Å²) in [6.07, 6.45) is 1.50. The summed E-state index contributed by atoms with van der Waals surface area (Å²) < 4.78 is 6.14. The number of hydrogen-bond acceptors (Lipinski definition) is 4. The number of benzene rings is 4. The first-order valence-corrected chi connectivity index (χ1v) is 12.1. The van der Waals surface area contributed by atoms with E-state index in [4.69, 9.17) is 16.3 Å². The minimum absolute atomic E-state index is 0.163. The van der Waals surface area contributed by atoms with Crippen LogP contribution in [0.1, 0.15) is 22.3 Å². The summed E-state index contributed by atoms with van der Waals surface area (Å²) in [5.41, 5.74) is 3.32. The number of carbonyl (C=O) groups excluding carboxylic acids is 3. The molecule has 1 aliphatic heterocycles. The highest BCUT2D eigenvalue weighted by molar-refractivity contribution is 6.39. The maximum Gasteiger partial charge on any atom is 0.335 e. The van der Waals surface area contributed by atoms with Crippen molar-refractivity contribution in [3.05, 3.63) is 112 Å². The summed E-state index contributed by atoms with van der Waals surface area (Å²) >= 11 is 6.11. The molecule has 0 saturated carbocycles. The van der Waals surface area contributed by atoms with Crippen LogP contribution in [0.5, 0.6) is 5.75 Å². The second-order valence-electron chi connectivity index (χ2n) is 8.86. The molecule has 1 aliphatic rings. The molecule has 1 N–H and O–H groups in total. The number of amides is 4. The Kier molecular flexibility index (Phi) is 6.51. The molecule has 0 aliphatic carbocycles. The molecule has 0 atom stereocenters. The van der Waals surface area contributed by atoms with Gasteiger partial charge in [-0.1, -0.05) is 66.2 Å². The number of carbonyl (C=O) groups is 3. The number of imide groups is 2. The van der Waals surface area contributed by atoms with E-state index in [-0.39, 0.29) is 12.2 Å². The van der Waals surface area contributed by atoms with Gasteiger partial charge in [-0.05, 0) is 71.7 Å². The Bertz CT molecular complexity index is 1610. The van der Waals surface area contributed by atoms with Gasteiger partial charge in [0.1, 0.15) is 17.9 Å². The fourth-order valence-corrected chi connectivity index (χ4v) is 4.53. The molecule has 4 amide bonds. The highest BCUT2D eigenvalue weighted by Gasteiger charge is 2.37. The van der Waals surface area contributed by atoms with E-state index in [0.717, 1.165) is 32.4 Å². The van der Waals surface area contributed by atoms with Gasteiger partial charge in [0.25, 0.3) is 11.8 Å². The number of ether oxygens (including phenoxy) is 1. The van der Waals surface area contributed by atoms with Crippen molar-refractivity contribution in [1.29, 1.82) is 0 Å². The van der Waals surface area contributed by atoms with Crippen molar-refractivity contribution < 1.29 is 19.1 Å². The highest BCUT2D eigenvalue weighted by Crippen LogP contribution is 2.33. The lowest BCUT2D eigenvalue weighted by Gasteiger charge is -2.28. The first kappa shape index (κ1) is 24.3. The standard InChI is InChI=1S/C30H23ClN2O4/c1-18-10-11-19(2)26(14-18)33-29(35)25(28(34)32-30(33)36)16-24-23-9-4-3-7-21(23)12-13-27(24)37-17-20-6-5-8-22(31)15-20/h3-16H,17H2,1-2H3,(H,32,34,36)/b25-16+. The molecule has 37 heavy (non-hydrogen) atoms. The maximum absolute atomic E-state index is 13.6. The number of nitrogens with zero attached hydrogens (tertiary/aromatic N) is 1. The number of nitrogens with one attached hydrogen (secondary N) is 1. The van der Waals surface area contributed by atoms with Gasteiger partial charge in [-0.2, -0.15) is 0 Å². The van der Waals surface area contributed by atoms with Crippen molar-refractivity contribution in [2.24, 2.45) is 0 Å². The molecular formula is C30H23ClN2O4. The van der Waals surface area contributed by atoms with Crippen molar-refractivity contribution in [3.63, 3.8) is 0 Å². The fraction of sp³-hybridized carbons (Fsp3) is 0.100. The van der Waals surface area contributed by atoms with Crippen LogP contribution < -0.4 is 15.0 Å². The Balaban J connectivity index is 1.60. The zero-order chi connectivity index (χ0) is 26.1. The van der Waals surface area contributed by atoms with E-state index in [1.807, 2.05) is 74.5 Å². The van der Waals surface area contributed by atoms with Gasteiger partial charge in [0, 0.05) is 10.6 Å². The minimum atomic E-state index is -0.781. The van der Waals surface area contributed by atoms with Crippen LogP contribution in [0.15, 0.2) is 84.4 Å². The van der Waals surface area contributed by atoms with Gasteiger partial charge in [-0.25, -0.2) is 9.69 Å². The first-order valence-electron chi connectivity index (χ1n) is 11.7. The Hall–Kier alpha value is -4.42. The van der Waals surface area contributed by atoms with Crippen LogP contribution in [0.4, 0.5) is 10.5 Å². The van der Waals surface area contributed by atoms with Crippen LogP contribution in [-0.2, 0) is 16.2 Å². The molecule has 1 heterocycles. The van der Waals surface area contributed by atoms with Gasteiger partial charge in [-0.15, -0.1) is 0 Å². The lowest BCUT2D eigenvalue weighted by atomic mass is 9.99. The molecule has 5 rings (SSSR count). The van der Waals surface area contributed by atoms with Crippen molar-refractivity contribution in [1.82, 2.24) is 5.32 Å². The summed E-state index contributed by atoms with van der Waals surface area (Å²) in [5, 5.41) is 4.62. The smallest absolute Gasteiger partial charge is 0.335 e. The number of rotatable bonds is 5. The molecule has 1 fully saturated rings. The number of aryl methyl sites for hydroxylation is 2. The zero-order valence-electron chi connectivity index (χ0n) is 20.2. The molecule has 4 aromatic carbocycles. The van der Waals surface area contributed by atoms with Gasteiger partial charge in [0.05, 0.1) is 5.69 Å². The molecule has 0 radical (unpaired) electrons. The van der Waals surface area contributed by atoms with Gasteiger partial charge in [0.15, 0.2) is 0 Å². The fourth-order valence-electron chi connectivity index (χ4n) is 4.32. The molecule has 6 nitrogen and oxygen atoms in total. The number of halogens is 1. The van der Waals surface area contributed by atoms with E-state index < -0.39 is 17.8 Å². The summed E-state index contributed by atoms with van der Waals surface area (Å²) in [6, 6.07) is 23.4. The largest absolute Gasteiger partial charge is 0.488 e. The van der Waals surface area contributed by atoms with E-state index in [2.05, 4.69) is 5.32 Å². The number of anilines is 1. The predicted molar refractivity (Wildman–Crippen MR) is 145 cm³/mol. The van der Waals surface area contributed by atoms with Crippen LogP contribution >= 0.6 is 11.6 Å². The summed E-state index contributed by atoms with van der Waals surface area (Å²) in [6.45, 7) is 3.92. The predicted octanol–water partition coefficient (Wildman–Crippen LogP) is 6.36. The van der Waals surface area contributed by atoms with Gasteiger partial charge >= 0.3 is 6.03 Å². The third-order valence-corrected chi connectivity index (χ3v) is 6.45. The quantitative estimate of drug-likeness (QED) is 0.250. The van der Waals surface area contributed by atoms with Crippen LogP contribution in [0.25, 0.3) is 16.8 Å². The van der Waals surface area contributed by atoms with Crippen LogP contribution in [-0.4, -0.2) is 17.8 Å². The van der Waals surface area contributed by atoms with Crippen LogP contribution in [0, 0.1) is 13.8 Å². The molecule has 1 saturated heterocycles. The number of fused-ring (bicyclic) bond motifs is 1. The van der Waals surface area contributed by atoms with Gasteiger partial charge in [-0.3, -0.25) is 14.9 Å². The summed E-state index contributed by atoms with van der Waals surface area (Å²) in [7, 11) is 0. The Morgan fingerprint density at radius 3 is 2.54 bits per heavy atom. The summed E-state index contributed by atoms with van der Waals surface area (Å²) in [4.78, 5) is 40.3. The maximum atomic E-state index is 13.6. The van der Waals surface area contributed by atoms with Crippen LogP contribution in [0.2, 0.25) is 5.02 Å². The van der Waals surface area contributed by atoms with Crippen LogP contribution in [0.3, 0.4) is 0 Å². The minimum Gasteiger partial charge on any atom is -0.488 e. The molecule has 0 bridgehead atoms. The zero-order valence-corrected chi connectivity index (χ0v) is 21.0. The number of barbiturate groups is 1. The van der Waals surface area contributed by atoms with E-state index in [9.17, 15) is 14.4 Å². The highest BCUT2D eigenvalue weighted by atomic mass is 35.5. The number of urea groups is 1. The molecular weight excluding hydrogens is 488 g/mol. The van der Waals surface area contributed by atoms with E-state index in [1.54, 1.807) is 18.2 Å². The molecule has 4 aromatic rings. The molecule has 0 spiro atoms. The molecule has 184 valence electrons.